The van der Waals surface area contributed by atoms with E-state index in [1.807, 2.05) is 6.07 Å². The van der Waals surface area contributed by atoms with Crippen LogP contribution in [-0.4, -0.2) is 18.1 Å². The van der Waals surface area contributed by atoms with Gasteiger partial charge in [0.05, 0.1) is 5.69 Å². The van der Waals surface area contributed by atoms with Crippen LogP contribution in [0.2, 0.25) is 0 Å². The fourth-order valence-electron chi connectivity index (χ4n) is 1.46. The molecule has 68 valence electrons. The molecular weight excluding hydrogens is 162 g/mol. The van der Waals surface area contributed by atoms with Gasteiger partial charge in [-0.15, -0.1) is 0 Å². The minimum atomic E-state index is 0.775. The van der Waals surface area contributed by atoms with Gasteiger partial charge in [-0.2, -0.15) is 0 Å². The van der Waals surface area contributed by atoms with Gasteiger partial charge in [0.2, 0.25) is 0 Å². The van der Waals surface area contributed by atoms with E-state index in [0.29, 0.717) is 0 Å². The lowest BCUT2D eigenvalue weighted by atomic mass is 10.1. The molecule has 0 fully saturated rings. The summed E-state index contributed by atoms with van der Waals surface area (Å²) in [4.78, 5) is 4.27. The van der Waals surface area contributed by atoms with Crippen molar-refractivity contribution in [2.24, 2.45) is 0 Å². The molecule has 0 amide bonds. The maximum atomic E-state index is 5.68. The van der Waals surface area contributed by atoms with Crippen LogP contribution in [0.5, 0.6) is 0 Å². The van der Waals surface area contributed by atoms with E-state index in [1.54, 1.807) is 12.3 Å². The van der Waals surface area contributed by atoms with Crippen molar-refractivity contribution in [2.75, 3.05) is 18.8 Å². The van der Waals surface area contributed by atoms with Crippen molar-refractivity contribution in [1.82, 2.24) is 10.3 Å². The topological polar surface area (TPSA) is 50.9 Å². The molecule has 3 heteroatoms. The fraction of sp³-hybridized carbons (Fsp3) is 0.300. The highest BCUT2D eigenvalue weighted by molar-refractivity contribution is 5.66. The summed E-state index contributed by atoms with van der Waals surface area (Å²) in [6.07, 6.45) is 5.05. The first-order chi connectivity index (χ1) is 6.36. The smallest absolute Gasteiger partial charge is 0.0691 e. The molecule has 0 aromatic carbocycles. The van der Waals surface area contributed by atoms with Crippen LogP contribution in [0.4, 0.5) is 5.69 Å². The van der Waals surface area contributed by atoms with Gasteiger partial charge in [0.25, 0.3) is 0 Å². The quantitative estimate of drug-likeness (QED) is 0.670. The number of nitrogen functional groups attached to an aromatic ring is 1. The van der Waals surface area contributed by atoms with Gasteiger partial charge in [-0.3, -0.25) is 4.98 Å². The Morgan fingerprint density at radius 1 is 1.46 bits per heavy atom. The Labute approximate surface area is 77.7 Å². The molecule has 1 aromatic rings. The average molecular weight is 175 g/mol. The summed E-state index contributed by atoms with van der Waals surface area (Å²) in [5.41, 5.74) is 8.69. The van der Waals surface area contributed by atoms with E-state index in [0.717, 1.165) is 30.9 Å². The van der Waals surface area contributed by atoms with Crippen LogP contribution >= 0.6 is 0 Å². The molecule has 3 N–H and O–H groups in total. The van der Waals surface area contributed by atoms with E-state index in [9.17, 15) is 0 Å². The number of hydrogen-bond donors (Lipinski definition) is 2. The molecule has 0 aliphatic carbocycles. The van der Waals surface area contributed by atoms with Crippen molar-refractivity contribution >= 4 is 11.3 Å². The van der Waals surface area contributed by atoms with Crippen molar-refractivity contribution in [3.05, 3.63) is 30.1 Å². The molecule has 1 aliphatic heterocycles. The first-order valence-corrected chi connectivity index (χ1v) is 4.48. The fourth-order valence-corrected chi connectivity index (χ4v) is 1.46. The van der Waals surface area contributed by atoms with E-state index in [2.05, 4.69) is 16.4 Å². The zero-order chi connectivity index (χ0) is 9.10. The standard InChI is InChI=1S/C10H13N3/c11-9-3-5-13-10(6-9)8-2-1-4-12-7-8/h2-3,5-6,12H,1,4,7H2,(H2,11,13). The summed E-state index contributed by atoms with van der Waals surface area (Å²) in [5, 5.41) is 3.30. The van der Waals surface area contributed by atoms with Crippen LogP contribution in [-0.2, 0) is 0 Å². The summed E-state index contributed by atoms with van der Waals surface area (Å²) in [6, 6.07) is 3.72. The van der Waals surface area contributed by atoms with Crippen molar-refractivity contribution < 1.29 is 0 Å². The first kappa shape index (κ1) is 8.26. The maximum absolute atomic E-state index is 5.68. The van der Waals surface area contributed by atoms with Crippen molar-refractivity contribution in [3.63, 3.8) is 0 Å². The van der Waals surface area contributed by atoms with Crippen LogP contribution < -0.4 is 11.1 Å². The molecule has 1 aliphatic rings. The third-order valence-electron chi connectivity index (χ3n) is 2.14. The van der Waals surface area contributed by atoms with Crippen LogP contribution in [0.1, 0.15) is 12.1 Å². The zero-order valence-electron chi connectivity index (χ0n) is 7.46. The van der Waals surface area contributed by atoms with Crippen LogP contribution in [0.3, 0.4) is 0 Å². The average Bonchev–Trinajstić information content (AvgIpc) is 2.19. The molecule has 0 saturated heterocycles. The zero-order valence-corrected chi connectivity index (χ0v) is 7.46. The largest absolute Gasteiger partial charge is 0.399 e. The molecular formula is C10H13N3. The lowest BCUT2D eigenvalue weighted by Gasteiger charge is -2.13. The van der Waals surface area contributed by atoms with Gasteiger partial charge >= 0.3 is 0 Å². The Hall–Kier alpha value is -1.35. The number of pyridine rings is 1. The van der Waals surface area contributed by atoms with Crippen molar-refractivity contribution in [2.45, 2.75) is 6.42 Å². The third-order valence-corrected chi connectivity index (χ3v) is 2.14. The third kappa shape index (κ3) is 1.87. The predicted molar refractivity (Wildman–Crippen MR) is 54.1 cm³/mol. The van der Waals surface area contributed by atoms with Crippen molar-refractivity contribution in [3.8, 4) is 0 Å². The second kappa shape index (κ2) is 3.58. The second-order valence-corrected chi connectivity index (χ2v) is 3.17. The van der Waals surface area contributed by atoms with Crippen LogP contribution in [0.15, 0.2) is 24.4 Å². The number of anilines is 1. The molecule has 0 spiro atoms. The maximum Gasteiger partial charge on any atom is 0.0691 e. The molecule has 2 rings (SSSR count). The number of aromatic nitrogens is 1. The molecule has 0 unspecified atom stereocenters. The molecule has 2 heterocycles. The molecule has 0 radical (unpaired) electrons. The Kier molecular flexibility index (Phi) is 2.27. The number of nitrogens with one attached hydrogen (secondary N) is 1. The number of hydrogen-bond acceptors (Lipinski definition) is 3. The molecule has 0 atom stereocenters. The first-order valence-electron chi connectivity index (χ1n) is 4.48. The lowest BCUT2D eigenvalue weighted by Crippen LogP contribution is -2.21. The SMILES string of the molecule is Nc1ccnc(C2=CCCNC2)c1. The summed E-state index contributed by atoms with van der Waals surface area (Å²) in [7, 11) is 0. The molecule has 13 heavy (non-hydrogen) atoms. The normalized spacial score (nSPS) is 16.8. The molecule has 3 nitrogen and oxygen atoms in total. The van der Waals surface area contributed by atoms with Crippen molar-refractivity contribution in [1.29, 1.82) is 0 Å². The van der Waals surface area contributed by atoms with E-state index in [4.69, 9.17) is 5.73 Å². The van der Waals surface area contributed by atoms with Gasteiger partial charge in [0, 0.05) is 18.4 Å². The molecule has 0 saturated carbocycles. The van der Waals surface area contributed by atoms with Crippen LogP contribution in [0.25, 0.3) is 5.57 Å². The van der Waals surface area contributed by atoms with E-state index in [-0.39, 0.29) is 0 Å². The molecule has 0 bridgehead atoms. The number of rotatable bonds is 1. The monoisotopic (exact) mass is 175 g/mol. The van der Waals surface area contributed by atoms with Gasteiger partial charge in [-0.1, -0.05) is 6.08 Å². The van der Waals surface area contributed by atoms with Crippen LogP contribution in [0, 0.1) is 0 Å². The van der Waals surface area contributed by atoms with Gasteiger partial charge < -0.3 is 11.1 Å². The van der Waals surface area contributed by atoms with E-state index < -0.39 is 0 Å². The Morgan fingerprint density at radius 2 is 2.38 bits per heavy atom. The Balaban J connectivity index is 2.29. The van der Waals surface area contributed by atoms with Gasteiger partial charge in [-0.05, 0) is 30.7 Å². The number of nitrogens with zero attached hydrogens (tertiary/aromatic N) is 1. The van der Waals surface area contributed by atoms with Gasteiger partial charge in [-0.25, -0.2) is 0 Å². The number of nitrogens with two attached hydrogens (primary N) is 1. The molecule has 1 aromatic heterocycles. The minimum absolute atomic E-state index is 0.775. The summed E-state index contributed by atoms with van der Waals surface area (Å²) < 4.78 is 0. The van der Waals surface area contributed by atoms with Gasteiger partial charge in [0.15, 0.2) is 0 Å². The highest BCUT2D eigenvalue weighted by Gasteiger charge is 2.06. The minimum Gasteiger partial charge on any atom is -0.399 e. The highest BCUT2D eigenvalue weighted by Crippen LogP contribution is 2.15. The predicted octanol–water partition coefficient (Wildman–Crippen LogP) is 1.04. The summed E-state index contributed by atoms with van der Waals surface area (Å²) in [5.74, 6) is 0. The Morgan fingerprint density at radius 3 is 3.08 bits per heavy atom. The highest BCUT2D eigenvalue weighted by atomic mass is 14.9. The summed E-state index contributed by atoms with van der Waals surface area (Å²) in [6.45, 7) is 1.96. The van der Waals surface area contributed by atoms with E-state index >= 15 is 0 Å². The van der Waals surface area contributed by atoms with Gasteiger partial charge in [0.1, 0.15) is 0 Å². The Bertz CT molecular complexity index is 331. The lowest BCUT2D eigenvalue weighted by molar-refractivity contribution is 0.737. The second-order valence-electron chi connectivity index (χ2n) is 3.17. The summed E-state index contributed by atoms with van der Waals surface area (Å²) >= 11 is 0. The van der Waals surface area contributed by atoms with E-state index in [1.165, 1.54) is 5.57 Å².